The van der Waals surface area contributed by atoms with Crippen LogP contribution < -0.4 is 10.3 Å². The Morgan fingerprint density at radius 2 is 1.80 bits per heavy atom. The average molecular weight is 360 g/mol. The van der Waals surface area contributed by atoms with Gasteiger partial charge < -0.3 is 9.47 Å². The van der Waals surface area contributed by atoms with Crippen LogP contribution in [0, 0.1) is 5.82 Å². The Morgan fingerprint density at radius 1 is 1.20 bits per heavy atom. The van der Waals surface area contributed by atoms with Crippen LogP contribution in [0.2, 0.25) is 0 Å². The Balaban J connectivity index is 2.68. The largest absolute Gasteiger partial charge is 0.490 e. The lowest BCUT2D eigenvalue weighted by molar-refractivity contribution is -0.143. The number of aromatic nitrogens is 2. The van der Waals surface area contributed by atoms with E-state index in [4.69, 9.17) is 4.74 Å². The Hall–Kier alpha value is -2.91. The first kappa shape index (κ1) is 18.4. The molecule has 0 amide bonds. The van der Waals surface area contributed by atoms with Crippen LogP contribution in [0.1, 0.15) is 21.6 Å². The highest BCUT2D eigenvalue weighted by molar-refractivity contribution is 5.93. The normalized spacial score (nSPS) is 11.3. The van der Waals surface area contributed by atoms with Crippen LogP contribution in [0.5, 0.6) is 5.75 Å². The molecule has 6 nitrogen and oxygen atoms in total. The zero-order valence-corrected chi connectivity index (χ0v) is 13.1. The van der Waals surface area contributed by atoms with Gasteiger partial charge in [0, 0.05) is 0 Å². The van der Waals surface area contributed by atoms with E-state index in [-0.39, 0.29) is 6.54 Å². The molecule has 10 heteroatoms. The van der Waals surface area contributed by atoms with Crippen molar-refractivity contribution in [2.45, 2.75) is 12.7 Å². The summed E-state index contributed by atoms with van der Waals surface area (Å²) in [5.74, 6) is -2.78. The van der Waals surface area contributed by atoms with Gasteiger partial charge >= 0.3 is 17.7 Å². The summed E-state index contributed by atoms with van der Waals surface area (Å²) < 4.78 is 62.2. The summed E-state index contributed by atoms with van der Waals surface area (Å²) in [5, 5.41) is 3.24. The zero-order chi connectivity index (χ0) is 18.8. The fourth-order valence-corrected chi connectivity index (χ4v) is 2.10. The van der Waals surface area contributed by atoms with Crippen molar-refractivity contribution in [1.82, 2.24) is 9.78 Å². The molecule has 134 valence electrons. The van der Waals surface area contributed by atoms with Gasteiger partial charge in [-0.1, -0.05) is 12.1 Å². The van der Waals surface area contributed by atoms with Crippen LogP contribution in [0.4, 0.5) is 17.6 Å². The van der Waals surface area contributed by atoms with Crippen LogP contribution in [0.15, 0.2) is 29.1 Å². The van der Waals surface area contributed by atoms with Gasteiger partial charge in [0.25, 0.3) is 0 Å². The minimum absolute atomic E-state index is 0.331. The van der Waals surface area contributed by atoms with Gasteiger partial charge in [0.15, 0.2) is 5.69 Å². The van der Waals surface area contributed by atoms with Crippen molar-refractivity contribution in [1.29, 1.82) is 0 Å². The fourth-order valence-electron chi connectivity index (χ4n) is 2.10. The molecule has 1 aromatic heterocycles. The van der Waals surface area contributed by atoms with Gasteiger partial charge in [0.1, 0.15) is 11.4 Å². The molecular formula is C15H12F4N2O4. The lowest BCUT2D eigenvalue weighted by Gasteiger charge is -2.16. The number of carbonyl (C=O) groups excluding carboxylic acids is 1. The number of halogens is 4. The molecule has 0 fully saturated rings. The van der Waals surface area contributed by atoms with Crippen molar-refractivity contribution in [3.05, 3.63) is 57.3 Å². The highest BCUT2D eigenvalue weighted by atomic mass is 19.4. The molecule has 0 aliphatic rings. The Morgan fingerprint density at radius 3 is 2.28 bits per heavy atom. The monoisotopic (exact) mass is 360 g/mol. The zero-order valence-electron chi connectivity index (χ0n) is 13.1. The quantitative estimate of drug-likeness (QED) is 0.618. The molecule has 25 heavy (non-hydrogen) atoms. The molecule has 0 saturated carbocycles. The molecule has 2 rings (SSSR count). The molecule has 0 saturated heterocycles. The van der Waals surface area contributed by atoms with E-state index < -0.39 is 40.5 Å². The second-order valence-corrected chi connectivity index (χ2v) is 4.84. The average Bonchev–Trinajstić information content (AvgIpc) is 2.56. The third-order valence-electron chi connectivity index (χ3n) is 3.22. The van der Waals surface area contributed by atoms with Crippen molar-refractivity contribution >= 4 is 5.97 Å². The third-order valence-corrected chi connectivity index (χ3v) is 3.22. The standard InChI is InChI=1S/C15H12F4N2O4/c1-24-11-10(14(23)25-2)12(15(17,18)19)20-21(13(11)22)7-8-3-5-9(16)6-4-8/h3-6H,7H2,1-2H3. The van der Waals surface area contributed by atoms with Gasteiger partial charge in [-0.05, 0) is 17.7 Å². The molecule has 0 spiro atoms. The van der Waals surface area contributed by atoms with Crippen LogP contribution >= 0.6 is 0 Å². The first-order valence-electron chi connectivity index (χ1n) is 6.78. The maximum Gasteiger partial charge on any atom is 0.436 e. The topological polar surface area (TPSA) is 70.4 Å². The summed E-state index contributed by atoms with van der Waals surface area (Å²) in [6, 6.07) is 4.75. The number of benzene rings is 1. The molecule has 0 aliphatic carbocycles. The molecule has 2 aromatic rings. The predicted octanol–water partition coefficient (Wildman–Crippen LogP) is 2.24. The lowest BCUT2D eigenvalue weighted by atomic mass is 10.1. The number of rotatable bonds is 4. The van der Waals surface area contributed by atoms with Crippen molar-refractivity contribution < 1.29 is 31.8 Å². The van der Waals surface area contributed by atoms with E-state index in [9.17, 15) is 27.2 Å². The minimum atomic E-state index is -5.03. The molecule has 0 radical (unpaired) electrons. The Kier molecular flexibility index (Phi) is 5.10. The maximum absolute atomic E-state index is 13.3. The Bertz CT molecular complexity index is 844. The van der Waals surface area contributed by atoms with Gasteiger partial charge in [-0.25, -0.2) is 13.9 Å². The second-order valence-electron chi connectivity index (χ2n) is 4.84. The lowest BCUT2D eigenvalue weighted by Crippen LogP contribution is -2.32. The van der Waals surface area contributed by atoms with Crippen molar-refractivity contribution in [2.24, 2.45) is 0 Å². The van der Waals surface area contributed by atoms with E-state index in [1.165, 1.54) is 12.1 Å². The number of esters is 1. The second kappa shape index (κ2) is 6.91. The molecule has 1 heterocycles. The first-order chi connectivity index (χ1) is 11.7. The molecule has 0 unspecified atom stereocenters. The highest BCUT2D eigenvalue weighted by Crippen LogP contribution is 2.33. The number of nitrogens with zero attached hydrogens (tertiary/aromatic N) is 2. The molecule has 0 atom stereocenters. The SMILES string of the molecule is COC(=O)c1c(C(F)(F)F)nn(Cc2ccc(F)cc2)c(=O)c1OC. The van der Waals surface area contributed by atoms with E-state index in [1.54, 1.807) is 0 Å². The summed E-state index contributed by atoms with van der Waals surface area (Å²) in [5.41, 5.74) is -3.44. The van der Waals surface area contributed by atoms with Gasteiger partial charge in [0.2, 0.25) is 5.75 Å². The molecule has 1 aromatic carbocycles. The smallest absolute Gasteiger partial charge is 0.436 e. The van der Waals surface area contributed by atoms with Crippen LogP contribution in [0.25, 0.3) is 0 Å². The summed E-state index contributed by atoms with van der Waals surface area (Å²) in [4.78, 5) is 24.0. The molecule has 0 aliphatic heterocycles. The van der Waals surface area contributed by atoms with Gasteiger partial charge in [-0.3, -0.25) is 4.79 Å². The minimum Gasteiger partial charge on any atom is -0.490 e. The van der Waals surface area contributed by atoms with Gasteiger partial charge in [0.05, 0.1) is 20.8 Å². The van der Waals surface area contributed by atoms with E-state index in [2.05, 4.69) is 9.84 Å². The van der Waals surface area contributed by atoms with Gasteiger partial charge in [-0.2, -0.15) is 18.3 Å². The summed E-state index contributed by atoms with van der Waals surface area (Å²) in [6.07, 6.45) is -5.03. The fraction of sp³-hybridized carbons (Fsp3) is 0.267. The molecular weight excluding hydrogens is 348 g/mol. The van der Waals surface area contributed by atoms with E-state index in [0.29, 0.717) is 10.2 Å². The van der Waals surface area contributed by atoms with E-state index >= 15 is 0 Å². The predicted molar refractivity (Wildman–Crippen MR) is 76.9 cm³/mol. The van der Waals surface area contributed by atoms with Crippen molar-refractivity contribution in [3.63, 3.8) is 0 Å². The van der Waals surface area contributed by atoms with Crippen molar-refractivity contribution in [3.8, 4) is 5.75 Å². The number of ether oxygens (including phenoxy) is 2. The number of hydrogen-bond acceptors (Lipinski definition) is 5. The van der Waals surface area contributed by atoms with Crippen LogP contribution in [-0.4, -0.2) is 30.0 Å². The summed E-state index contributed by atoms with van der Waals surface area (Å²) in [7, 11) is 1.82. The van der Waals surface area contributed by atoms with E-state index in [0.717, 1.165) is 26.4 Å². The summed E-state index contributed by atoms with van der Waals surface area (Å²) in [6.45, 7) is -0.375. The number of carbonyl (C=O) groups is 1. The van der Waals surface area contributed by atoms with Crippen LogP contribution in [0.3, 0.4) is 0 Å². The van der Waals surface area contributed by atoms with Crippen molar-refractivity contribution in [2.75, 3.05) is 14.2 Å². The highest BCUT2D eigenvalue weighted by Gasteiger charge is 2.41. The third kappa shape index (κ3) is 3.78. The molecule has 0 bridgehead atoms. The number of methoxy groups -OCH3 is 2. The number of alkyl halides is 3. The maximum atomic E-state index is 13.3. The number of hydrogen-bond donors (Lipinski definition) is 0. The summed E-state index contributed by atoms with van der Waals surface area (Å²) >= 11 is 0. The molecule has 0 N–H and O–H groups in total. The van der Waals surface area contributed by atoms with Crippen LogP contribution in [-0.2, 0) is 17.5 Å². The Labute approximate surface area is 138 Å². The van der Waals surface area contributed by atoms with E-state index in [1.807, 2.05) is 0 Å². The first-order valence-corrected chi connectivity index (χ1v) is 6.78. The van der Waals surface area contributed by atoms with Gasteiger partial charge in [-0.15, -0.1) is 0 Å².